The van der Waals surface area contributed by atoms with Gasteiger partial charge >= 0.3 is 0 Å². The molecule has 0 aromatic carbocycles. The summed E-state index contributed by atoms with van der Waals surface area (Å²) >= 11 is 0. The number of likely N-dealkylation sites (tertiary alicyclic amines) is 3. The van der Waals surface area contributed by atoms with Gasteiger partial charge in [0.25, 0.3) is 0 Å². The summed E-state index contributed by atoms with van der Waals surface area (Å²) in [6, 6.07) is 0. The normalized spacial score (nSPS) is 28.7. The zero-order valence-electron chi connectivity index (χ0n) is 63.0. The van der Waals surface area contributed by atoms with Gasteiger partial charge in [0.2, 0.25) is 0 Å². The molecule has 9 aliphatic rings. The molecule has 5 aliphatic heterocycles. The summed E-state index contributed by atoms with van der Waals surface area (Å²) in [4.78, 5) is 6.93. The molecule has 0 radical (unpaired) electrons. The van der Waals surface area contributed by atoms with Gasteiger partial charge in [0.05, 0.1) is 6.61 Å². The van der Waals surface area contributed by atoms with Crippen LogP contribution < -0.4 is 0 Å². The first-order valence-electron chi connectivity index (χ1n) is 37.9. The summed E-state index contributed by atoms with van der Waals surface area (Å²) in [5, 5.41) is 0. The Hall–Kier alpha value is -0.410. The molecule has 5 heterocycles. The standard InChI is InChI=1S/C9H18FN.C9H17F.2C9H19N.3C9H18.C8H15FO.C8H16O/c1-7(2)8-4-5-11(3)6-9(8)10;1-7(2)8-5-3-4-6-9(8)10;1-9(2,3)8-5-6-10(4)7-8;1-8(2)9-4-6-10(3)7-5-9;1-9(2,3)8-6-4-5-7-8;2*1-8(2)9-6-4-3-5-7-9;1-6(2)7-3-4-10-5-8(7)9;1-7(2)8-4-3-5-9-6-8/h7-9H,4-6H2,1-3H3;7-9H,3-6H2,1-2H3;8H,5-7H2,1-4H3;8-9H,4-7H2,1-3H3;8H,4-7H2,1-3H3;2*8-9H,3-7H2,1-2H3;6-8H,3-5H2,1-2H3;7-8H,3-6H2,1-2H3. The van der Waals surface area contributed by atoms with Crippen LogP contribution in [0.3, 0.4) is 0 Å². The Bertz CT molecular complexity index is 1480. The lowest BCUT2D eigenvalue weighted by Gasteiger charge is -2.34. The quantitative estimate of drug-likeness (QED) is 0.253. The van der Waals surface area contributed by atoms with Gasteiger partial charge in [-0.25, -0.2) is 13.2 Å². The van der Waals surface area contributed by atoms with Crippen LogP contribution in [-0.4, -0.2) is 120 Å². The fourth-order valence-electron chi connectivity index (χ4n) is 15.2. The van der Waals surface area contributed by atoms with Crippen LogP contribution in [0.1, 0.15) is 299 Å². The third-order valence-electron chi connectivity index (χ3n) is 22.7. The molecule has 8 unspecified atom stereocenters. The summed E-state index contributed by atoms with van der Waals surface area (Å²) in [6.07, 6.45) is 32.0. The number of hydrogen-bond donors (Lipinski definition) is 0. The summed E-state index contributed by atoms with van der Waals surface area (Å²) < 4.78 is 49.7. The smallest absolute Gasteiger partial charge is 0.126 e. The Morgan fingerprint density at radius 2 is 0.667 bits per heavy atom. The topological polar surface area (TPSA) is 28.2 Å². The van der Waals surface area contributed by atoms with E-state index in [1.54, 1.807) is 0 Å². The molecule has 8 atom stereocenters. The Kier molecular flexibility index (Phi) is 45.4. The molecule has 5 nitrogen and oxygen atoms in total. The summed E-state index contributed by atoms with van der Waals surface area (Å²) in [6.45, 7) is 55.3. The van der Waals surface area contributed by atoms with Crippen molar-refractivity contribution in [2.75, 3.05) is 86.8 Å². The maximum Gasteiger partial charge on any atom is 0.126 e. The van der Waals surface area contributed by atoms with Crippen LogP contribution in [0, 0.1) is 106 Å². The molecule has 0 aromatic heterocycles. The number of rotatable bonds is 7. The number of halogens is 3. The van der Waals surface area contributed by atoms with Crippen molar-refractivity contribution >= 4 is 0 Å². The second-order valence-corrected chi connectivity index (χ2v) is 34.3. The molecule has 0 amide bonds. The van der Waals surface area contributed by atoms with Crippen LogP contribution in [0.15, 0.2) is 0 Å². The number of ether oxygens (including phenoxy) is 2. The maximum absolute atomic E-state index is 13.3. The highest BCUT2D eigenvalue weighted by atomic mass is 19.1. The van der Waals surface area contributed by atoms with E-state index in [0.29, 0.717) is 53.6 Å². The Balaban J connectivity index is 0.000000490. The van der Waals surface area contributed by atoms with Gasteiger partial charge in [-0.05, 0) is 223 Å². The average Bonchev–Trinajstić information content (AvgIpc) is 4.33. The van der Waals surface area contributed by atoms with E-state index in [9.17, 15) is 13.2 Å². The molecule has 9 fully saturated rings. The minimum Gasteiger partial charge on any atom is -0.381 e. The minimum absolute atomic E-state index is 0.230. The van der Waals surface area contributed by atoms with E-state index in [1.807, 2.05) is 7.05 Å². The van der Waals surface area contributed by atoms with E-state index in [2.05, 4.69) is 167 Å². The first kappa shape index (κ1) is 84.6. The zero-order valence-corrected chi connectivity index (χ0v) is 63.0. The number of piperidine rings is 2. The first-order valence-corrected chi connectivity index (χ1v) is 37.9. The monoisotopic (exact) mass is 1240 g/mol. The second kappa shape index (κ2) is 46.6. The van der Waals surface area contributed by atoms with Gasteiger partial charge in [-0.1, -0.05) is 228 Å². The lowest BCUT2D eigenvalue weighted by Crippen LogP contribution is -2.41. The van der Waals surface area contributed by atoms with Crippen molar-refractivity contribution in [3.63, 3.8) is 0 Å². The van der Waals surface area contributed by atoms with Crippen molar-refractivity contribution in [2.45, 2.75) is 318 Å². The van der Waals surface area contributed by atoms with Crippen molar-refractivity contribution in [1.82, 2.24) is 14.7 Å². The Morgan fingerprint density at radius 1 is 0.299 bits per heavy atom. The van der Waals surface area contributed by atoms with Crippen LogP contribution in [0.25, 0.3) is 0 Å². The minimum atomic E-state index is -0.728. The highest BCUT2D eigenvalue weighted by Gasteiger charge is 2.32. The number of nitrogens with zero attached hydrogens (tertiary/aromatic N) is 3. The molecule has 4 saturated carbocycles. The molecule has 5 saturated heterocycles. The molecule has 522 valence electrons. The third kappa shape index (κ3) is 38.5. The number of alkyl halides is 3. The SMILES string of the molecule is CC(C)(C)C1CCCC1.CC(C)C1CCCCC1.CC(C)C1CCCCC1.CC(C)C1CCCCC1F.CC(C)C1CCCOC1.CC(C)C1CCN(C)CC1.CC(C)C1CCN(C)CC1F.CC(C)C1CCOCC1F.CN1CCC(C(C)(C)C)C1. The van der Waals surface area contributed by atoms with Gasteiger partial charge in [-0.2, -0.15) is 0 Å². The predicted molar refractivity (Wildman–Crippen MR) is 378 cm³/mol. The van der Waals surface area contributed by atoms with Crippen LogP contribution in [0.4, 0.5) is 13.2 Å². The Labute approximate surface area is 544 Å². The molecule has 0 aromatic rings. The van der Waals surface area contributed by atoms with Gasteiger partial charge in [-0.15, -0.1) is 0 Å². The first-order chi connectivity index (χ1) is 40.8. The second-order valence-electron chi connectivity index (χ2n) is 34.3. The molecular weight excluding hydrogens is 1080 g/mol. The van der Waals surface area contributed by atoms with Crippen LogP contribution in [0.5, 0.6) is 0 Å². The van der Waals surface area contributed by atoms with E-state index >= 15 is 0 Å². The van der Waals surface area contributed by atoms with Crippen molar-refractivity contribution in [2.24, 2.45) is 106 Å². The molecular formula is C79H158F3N3O2. The fourth-order valence-corrected chi connectivity index (χ4v) is 15.2. The molecule has 0 bridgehead atoms. The molecule has 87 heavy (non-hydrogen) atoms. The average molecular weight is 1240 g/mol. The molecule has 9 rings (SSSR count). The lowest BCUT2D eigenvalue weighted by atomic mass is 9.80. The molecule has 8 heteroatoms. The summed E-state index contributed by atoms with van der Waals surface area (Å²) in [7, 11) is 6.42. The highest BCUT2D eigenvalue weighted by molar-refractivity contribution is 4.84. The lowest BCUT2D eigenvalue weighted by molar-refractivity contribution is -0.0161. The summed E-state index contributed by atoms with van der Waals surface area (Å²) in [5.41, 5.74) is 1.10. The Morgan fingerprint density at radius 3 is 0.977 bits per heavy atom. The van der Waals surface area contributed by atoms with E-state index < -0.39 is 18.5 Å². The maximum atomic E-state index is 13.3. The summed E-state index contributed by atoms with van der Waals surface area (Å²) in [5.74, 6) is 11.8. The third-order valence-corrected chi connectivity index (χ3v) is 22.7. The number of hydrogen-bond acceptors (Lipinski definition) is 5. The fraction of sp³-hybridized carbons (Fsp3) is 1.00. The van der Waals surface area contributed by atoms with Gasteiger partial charge in [0.1, 0.15) is 18.5 Å². The highest BCUT2D eigenvalue weighted by Crippen LogP contribution is 2.39. The van der Waals surface area contributed by atoms with Gasteiger partial charge in [-0.3, -0.25) is 0 Å². The molecule has 4 aliphatic carbocycles. The van der Waals surface area contributed by atoms with Gasteiger partial charge in [0.15, 0.2) is 0 Å². The molecule has 0 spiro atoms. The van der Waals surface area contributed by atoms with Crippen LogP contribution in [-0.2, 0) is 9.47 Å². The molecule has 0 N–H and O–H groups in total. The van der Waals surface area contributed by atoms with Crippen LogP contribution in [0.2, 0.25) is 0 Å². The predicted octanol–water partition coefficient (Wildman–Crippen LogP) is 22.8. The van der Waals surface area contributed by atoms with Gasteiger partial charge < -0.3 is 24.2 Å². The largest absolute Gasteiger partial charge is 0.381 e. The zero-order chi connectivity index (χ0) is 65.9. The van der Waals surface area contributed by atoms with Crippen molar-refractivity contribution < 1.29 is 22.6 Å². The van der Waals surface area contributed by atoms with Crippen molar-refractivity contribution in [3.8, 4) is 0 Å². The van der Waals surface area contributed by atoms with E-state index in [-0.39, 0.29) is 5.92 Å². The van der Waals surface area contributed by atoms with Crippen molar-refractivity contribution in [3.05, 3.63) is 0 Å². The van der Waals surface area contributed by atoms with E-state index in [0.717, 1.165) is 118 Å². The van der Waals surface area contributed by atoms with Crippen molar-refractivity contribution in [1.29, 1.82) is 0 Å². The van der Waals surface area contributed by atoms with E-state index in [1.165, 1.54) is 155 Å². The van der Waals surface area contributed by atoms with E-state index in [4.69, 9.17) is 9.47 Å². The van der Waals surface area contributed by atoms with Crippen LogP contribution >= 0.6 is 0 Å². The van der Waals surface area contributed by atoms with Gasteiger partial charge in [0, 0.05) is 32.9 Å².